The van der Waals surface area contributed by atoms with Crippen molar-refractivity contribution in [2.45, 2.75) is 13.1 Å². The smallest absolute Gasteiger partial charge is 0.352 e. The number of hydrogen-bond donors (Lipinski definition) is 1. The zero-order valence-corrected chi connectivity index (χ0v) is 20.5. The molecule has 0 saturated carbocycles. The van der Waals surface area contributed by atoms with Crippen LogP contribution in [0.5, 0.6) is 17.2 Å². The van der Waals surface area contributed by atoms with Crippen molar-refractivity contribution >= 4 is 5.91 Å². The highest BCUT2D eigenvalue weighted by Crippen LogP contribution is 2.28. The number of nitrogens with one attached hydrogen (secondary N) is 1. The lowest BCUT2D eigenvalue weighted by atomic mass is 10.2. The molecule has 0 aliphatic heterocycles. The molecule has 0 atom stereocenters. The molecule has 0 aliphatic rings. The fourth-order valence-electron chi connectivity index (χ4n) is 3.63. The van der Waals surface area contributed by atoms with E-state index < -0.39 is 22.9 Å². The quantitative estimate of drug-likeness (QED) is 0.366. The van der Waals surface area contributed by atoms with Crippen LogP contribution in [0.4, 0.5) is 0 Å². The van der Waals surface area contributed by atoms with Crippen LogP contribution < -0.4 is 30.8 Å². The molecule has 0 bridgehead atoms. The SMILES string of the molecule is COc1cccc(Cn2c(=O)c(C(=O)NCc3ccccn3)nn(-c3ccc(OC)c(OC)c3)c2=O)c1. The molecule has 37 heavy (non-hydrogen) atoms. The first-order valence-corrected chi connectivity index (χ1v) is 11.2. The van der Waals surface area contributed by atoms with Crippen LogP contribution in [-0.2, 0) is 13.1 Å². The maximum Gasteiger partial charge on any atom is 0.352 e. The highest BCUT2D eigenvalue weighted by atomic mass is 16.5. The summed E-state index contributed by atoms with van der Waals surface area (Å²) < 4.78 is 17.8. The van der Waals surface area contributed by atoms with Gasteiger partial charge in [-0.2, -0.15) is 9.78 Å². The van der Waals surface area contributed by atoms with Gasteiger partial charge in [-0.25, -0.2) is 4.79 Å². The van der Waals surface area contributed by atoms with Crippen molar-refractivity contribution in [2.75, 3.05) is 21.3 Å². The second kappa shape index (κ2) is 11.2. The summed E-state index contributed by atoms with van der Waals surface area (Å²) in [5.41, 5.74) is -0.511. The van der Waals surface area contributed by atoms with Gasteiger partial charge in [0.05, 0.1) is 45.8 Å². The fraction of sp³-hybridized carbons (Fsp3) is 0.192. The molecule has 11 heteroatoms. The molecule has 2 heterocycles. The van der Waals surface area contributed by atoms with Crippen LogP contribution in [0, 0.1) is 0 Å². The summed E-state index contributed by atoms with van der Waals surface area (Å²) >= 11 is 0. The minimum Gasteiger partial charge on any atom is -0.497 e. The van der Waals surface area contributed by atoms with Gasteiger partial charge in [-0.05, 0) is 42.0 Å². The Morgan fingerprint density at radius 2 is 1.73 bits per heavy atom. The molecule has 0 aliphatic carbocycles. The summed E-state index contributed by atoms with van der Waals surface area (Å²) in [5.74, 6) is 0.607. The van der Waals surface area contributed by atoms with E-state index in [1.54, 1.807) is 60.8 Å². The summed E-state index contributed by atoms with van der Waals surface area (Å²) in [6.45, 7) is -0.0304. The Bertz CT molecular complexity index is 1530. The van der Waals surface area contributed by atoms with Gasteiger partial charge in [0.1, 0.15) is 5.75 Å². The minimum absolute atomic E-state index is 0.0756. The highest BCUT2D eigenvalue weighted by Gasteiger charge is 2.21. The number of benzene rings is 2. The fourth-order valence-corrected chi connectivity index (χ4v) is 3.63. The summed E-state index contributed by atoms with van der Waals surface area (Å²) in [7, 11) is 4.46. The molecular formula is C26H25N5O6. The number of ether oxygens (including phenoxy) is 3. The lowest BCUT2D eigenvalue weighted by Gasteiger charge is -2.14. The van der Waals surface area contributed by atoms with Gasteiger partial charge in [0.25, 0.3) is 11.5 Å². The van der Waals surface area contributed by atoms with Gasteiger partial charge >= 0.3 is 5.69 Å². The lowest BCUT2D eigenvalue weighted by molar-refractivity contribution is 0.0940. The number of nitrogens with zero attached hydrogens (tertiary/aromatic N) is 4. The van der Waals surface area contributed by atoms with Crippen molar-refractivity contribution in [3.8, 4) is 22.9 Å². The molecule has 0 fully saturated rings. The van der Waals surface area contributed by atoms with E-state index in [9.17, 15) is 14.4 Å². The van der Waals surface area contributed by atoms with Gasteiger partial charge in [0.2, 0.25) is 5.69 Å². The van der Waals surface area contributed by atoms with Crippen molar-refractivity contribution in [3.05, 3.63) is 105 Å². The van der Waals surface area contributed by atoms with E-state index in [2.05, 4.69) is 15.4 Å². The van der Waals surface area contributed by atoms with Gasteiger partial charge in [-0.1, -0.05) is 18.2 Å². The minimum atomic E-state index is -0.830. The van der Waals surface area contributed by atoms with Crippen LogP contribution in [0.15, 0.2) is 76.4 Å². The van der Waals surface area contributed by atoms with E-state index in [0.717, 1.165) is 9.25 Å². The number of rotatable bonds is 9. The molecule has 0 unspecified atom stereocenters. The standard InChI is InChI=1S/C26H25N5O6/c1-35-20-9-6-7-17(13-20)16-30-25(33)23(24(32)28-15-18-8-4-5-12-27-18)29-31(26(30)34)19-10-11-21(36-2)22(14-19)37-3/h4-14H,15-16H2,1-3H3,(H,28,32). The van der Waals surface area contributed by atoms with E-state index in [-0.39, 0.29) is 18.8 Å². The van der Waals surface area contributed by atoms with Gasteiger partial charge in [-0.3, -0.25) is 19.1 Å². The number of carbonyl (C=O) groups is 1. The molecule has 2 aromatic heterocycles. The van der Waals surface area contributed by atoms with Gasteiger partial charge < -0.3 is 19.5 Å². The molecule has 1 amide bonds. The van der Waals surface area contributed by atoms with Gasteiger partial charge in [0, 0.05) is 12.3 Å². The van der Waals surface area contributed by atoms with Crippen molar-refractivity contribution in [1.82, 2.24) is 24.6 Å². The van der Waals surface area contributed by atoms with Crippen LogP contribution in [0.25, 0.3) is 5.69 Å². The normalized spacial score (nSPS) is 10.6. The molecule has 4 aromatic rings. The third-order valence-electron chi connectivity index (χ3n) is 5.52. The van der Waals surface area contributed by atoms with E-state index in [1.807, 2.05) is 0 Å². The Hall–Kier alpha value is -4.93. The second-order valence-electron chi connectivity index (χ2n) is 7.83. The predicted molar refractivity (Wildman–Crippen MR) is 135 cm³/mol. The Balaban J connectivity index is 1.82. The average molecular weight is 504 g/mol. The Kier molecular flexibility index (Phi) is 7.62. The molecule has 1 N–H and O–H groups in total. The van der Waals surface area contributed by atoms with Crippen molar-refractivity contribution in [2.24, 2.45) is 0 Å². The molecule has 0 radical (unpaired) electrons. The Labute approximate surface area is 211 Å². The topological polar surface area (TPSA) is 127 Å². The highest BCUT2D eigenvalue weighted by molar-refractivity contribution is 5.91. The zero-order chi connectivity index (χ0) is 26.4. The molecule has 2 aromatic carbocycles. The average Bonchev–Trinajstić information content (AvgIpc) is 2.94. The first-order valence-electron chi connectivity index (χ1n) is 11.2. The van der Waals surface area contributed by atoms with Gasteiger partial charge in [-0.15, -0.1) is 0 Å². The van der Waals surface area contributed by atoms with Gasteiger partial charge in [0.15, 0.2) is 11.5 Å². The van der Waals surface area contributed by atoms with Crippen LogP contribution in [0.3, 0.4) is 0 Å². The number of methoxy groups -OCH3 is 3. The first kappa shape index (κ1) is 25.2. The first-order chi connectivity index (χ1) is 17.9. The summed E-state index contributed by atoms with van der Waals surface area (Å²) in [5, 5.41) is 6.79. The van der Waals surface area contributed by atoms with Crippen LogP contribution >= 0.6 is 0 Å². The summed E-state index contributed by atoms with van der Waals surface area (Å²) in [6.07, 6.45) is 1.60. The molecule has 0 spiro atoms. The molecule has 0 saturated heterocycles. The molecule has 11 nitrogen and oxygen atoms in total. The molecule has 190 valence electrons. The van der Waals surface area contributed by atoms with Crippen molar-refractivity contribution < 1.29 is 19.0 Å². The maximum absolute atomic E-state index is 13.5. The van der Waals surface area contributed by atoms with Crippen molar-refractivity contribution in [3.63, 3.8) is 0 Å². The second-order valence-corrected chi connectivity index (χ2v) is 7.83. The summed E-state index contributed by atoms with van der Waals surface area (Å²) in [4.78, 5) is 44.0. The molecule has 4 rings (SSSR count). The van der Waals surface area contributed by atoms with E-state index in [0.29, 0.717) is 28.5 Å². The Morgan fingerprint density at radius 3 is 2.43 bits per heavy atom. The Morgan fingerprint density at radius 1 is 0.919 bits per heavy atom. The van der Waals surface area contributed by atoms with E-state index >= 15 is 0 Å². The predicted octanol–water partition coefficient (Wildman–Crippen LogP) is 1.79. The number of hydrogen-bond acceptors (Lipinski definition) is 8. The lowest BCUT2D eigenvalue weighted by Crippen LogP contribution is -2.46. The number of carbonyl (C=O) groups excluding carboxylic acids is 1. The maximum atomic E-state index is 13.5. The van der Waals surface area contributed by atoms with E-state index in [4.69, 9.17) is 14.2 Å². The van der Waals surface area contributed by atoms with Crippen LogP contribution in [0.2, 0.25) is 0 Å². The number of amides is 1. The van der Waals surface area contributed by atoms with Crippen LogP contribution in [-0.4, -0.2) is 46.6 Å². The van der Waals surface area contributed by atoms with Crippen molar-refractivity contribution in [1.29, 1.82) is 0 Å². The van der Waals surface area contributed by atoms with E-state index in [1.165, 1.54) is 27.4 Å². The third-order valence-corrected chi connectivity index (χ3v) is 5.52. The monoisotopic (exact) mass is 503 g/mol. The largest absolute Gasteiger partial charge is 0.497 e. The number of pyridine rings is 1. The summed E-state index contributed by atoms with van der Waals surface area (Å²) in [6, 6.07) is 16.9. The zero-order valence-electron chi connectivity index (χ0n) is 20.5. The third kappa shape index (κ3) is 5.50. The number of aromatic nitrogens is 4. The van der Waals surface area contributed by atoms with Crippen LogP contribution in [0.1, 0.15) is 21.7 Å². The molecular weight excluding hydrogens is 478 g/mol.